The van der Waals surface area contributed by atoms with Crippen LogP contribution in [0.2, 0.25) is 0 Å². The summed E-state index contributed by atoms with van der Waals surface area (Å²) in [7, 11) is 0. The zero-order valence-electron chi connectivity index (χ0n) is 13.0. The van der Waals surface area contributed by atoms with Crippen LogP contribution in [0.1, 0.15) is 72.6 Å². The van der Waals surface area contributed by atoms with E-state index in [0.717, 1.165) is 23.8 Å². The maximum Gasteiger partial charge on any atom is 0.00982 e. The van der Waals surface area contributed by atoms with Gasteiger partial charge >= 0.3 is 0 Å². The number of nitrogens with one attached hydrogen (secondary N) is 1. The maximum absolute atomic E-state index is 3.87. The van der Waals surface area contributed by atoms with Gasteiger partial charge in [0.2, 0.25) is 0 Å². The van der Waals surface area contributed by atoms with Crippen molar-refractivity contribution in [3.63, 3.8) is 0 Å². The molecule has 2 fully saturated rings. The van der Waals surface area contributed by atoms with Crippen LogP contribution >= 0.6 is 0 Å². The quantitative estimate of drug-likeness (QED) is 0.726. The Morgan fingerprint density at radius 3 is 2.44 bits per heavy atom. The van der Waals surface area contributed by atoms with Gasteiger partial charge in [-0.05, 0) is 68.2 Å². The van der Waals surface area contributed by atoms with Crippen LogP contribution in [0.25, 0.3) is 0 Å². The second-order valence-corrected chi connectivity index (χ2v) is 8.00. The molecule has 106 valence electrons. The first-order valence-electron chi connectivity index (χ1n) is 8.23. The normalized spacial score (nSPS) is 33.0. The summed E-state index contributed by atoms with van der Waals surface area (Å²) in [6.07, 6.45) is 10.1. The van der Waals surface area contributed by atoms with Crippen LogP contribution in [0, 0.1) is 23.2 Å². The Labute approximate surface area is 114 Å². The van der Waals surface area contributed by atoms with E-state index in [1.54, 1.807) is 6.42 Å². The van der Waals surface area contributed by atoms with Crippen LogP contribution in [0.15, 0.2) is 0 Å². The molecule has 2 saturated carbocycles. The summed E-state index contributed by atoms with van der Waals surface area (Å²) in [5, 5.41) is 3.87. The molecule has 0 radical (unpaired) electrons. The minimum atomic E-state index is 0.490. The molecular weight excluding hydrogens is 218 g/mol. The molecule has 2 aliphatic carbocycles. The SMILES string of the molecule is CCCNC(CCC(C)(C)C)C1CC2CCC1C2. The van der Waals surface area contributed by atoms with Crippen LogP contribution < -0.4 is 5.32 Å². The summed E-state index contributed by atoms with van der Waals surface area (Å²) in [6.45, 7) is 10.6. The van der Waals surface area contributed by atoms with Gasteiger partial charge in [-0.25, -0.2) is 0 Å². The van der Waals surface area contributed by atoms with Crippen molar-refractivity contribution in [2.75, 3.05) is 6.54 Å². The highest BCUT2D eigenvalue weighted by Gasteiger charge is 2.42. The van der Waals surface area contributed by atoms with Gasteiger partial charge in [0.15, 0.2) is 0 Å². The first-order chi connectivity index (χ1) is 8.49. The number of rotatable bonds is 6. The van der Waals surface area contributed by atoms with Gasteiger partial charge < -0.3 is 5.32 Å². The molecule has 0 heterocycles. The molecule has 4 atom stereocenters. The molecule has 0 aromatic rings. The van der Waals surface area contributed by atoms with E-state index in [2.05, 4.69) is 33.0 Å². The molecule has 0 spiro atoms. The average molecular weight is 251 g/mol. The third-order valence-electron chi connectivity index (χ3n) is 5.17. The van der Waals surface area contributed by atoms with Crippen molar-refractivity contribution in [1.82, 2.24) is 5.32 Å². The number of hydrogen-bond donors (Lipinski definition) is 1. The molecule has 1 nitrogen and oxygen atoms in total. The van der Waals surface area contributed by atoms with E-state index in [4.69, 9.17) is 0 Å². The van der Waals surface area contributed by atoms with Gasteiger partial charge in [0.25, 0.3) is 0 Å². The predicted molar refractivity (Wildman–Crippen MR) is 79.7 cm³/mol. The van der Waals surface area contributed by atoms with E-state index in [1.807, 2.05) is 0 Å². The third-order valence-corrected chi connectivity index (χ3v) is 5.17. The molecule has 0 amide bonds. The van der Waals surface area contributed by atoms with Crippen LogP contribution in [0.3, 0.4) is 0 Å². The lowest BCUT2D eigenvalue weighted by atomic mass is 9.79. The van der Waals surface area contributed by atoms with Crippen molar-refractivity contribution in [3.05, 3.63) is 0 Å². The van der Waals surface area contributed by atoms with Crippen molar-refractivity contribution in [3.8, 4) is 0 Å². The largest absolute Gasteiger partial charge is 0.314 e. The Morgan fingerprint density at radius 1 is 1.17 bits per heavy atom. The summed E-state index contributed by atoms with van der Waals surface area (Å²) < 4.78 is 0. The van der Waals surface area contributed by atoms with Crippen LogP contribution in [0.5, 0.6) is 0 Å². The molecule has 2 aliphatic rings. The van der Waals surface area contributed by atoms with Crippen molar-refractivity contribution >= 4 is 0 Å². The summed E-state index contributed by atoms with van der Waals surface area (Å²) in [4.78, 5) is 0. The van der Waals surface area contributed by atoms with Crippen molar-refractivity contribution in [2.24, 2.45) is 23.2 Å². The average Bonchev–Trinajstić information content (AvgIpc) is 2.89. The summed E-state index contributed by atoms with van der Waals surface area (Å²) in [6, 6.07) is 0.805. The first kappa shape index (κ1) is 14.4. The molecule has 18 heavy (non-hydrogen) atoms. The van der Waals surface area contributed by atoms with E-state index in [9.17, 15) is 0 Å². The van der Waals surface area contributed by atoms with E-state index < -0.39 is 0 Å². The molecule has 0 saturated heterocycles. The minimum absolute atomic E-state index is 0.490. The molecule has 0 aliphatic heterocycles. The van der Waals surface area contributed by atoms with Crippen LogP contribution in [-0.4, -0.2) is 12.6 Å². The Bertz CT molecular complexity index is 253. The Morgan fingerprint density at radius 2 is 1.94 bits per heavy atom. The smallest absolute Gasteiger partial charge is 0.00982 e. The summed E-state index contributed by atoms with van der Waals surface area (Å²) in [5.74, 6) is 3.14. The molecule has 2 bridgehead atoms. The van der Waals surface area contributed by atoms with E-state index in [-0.39, 0.29) is 0 Å². The van der Waals surface area contributed by atoms with Gasteiger partial charge in [-0.1, -0.05) is 34.1 Å². The van der Waals surface area contributed by atoms with Crippen molar-refractivity contribution < 1.29 is 0 Å². The van der Waals surface area contributed by atoms with Gasteiger partial charge in [-0.15, -0.1) is 0 Å². The second kappa shape index (κ2) is 5.94. The van der Waals surface area contributed by atoms with Gasteiger partial charge in [0.05, 0.1) is 0 Å². The fourth-order valence-corrected chi connectivity index (χ4v) is 4.17. The van der Waals surface area contributed by atoms with Crippen molar-refractivity contribution in [1.29, 1.82) is 0 Å². The first-order valence-corrected chi connectivity index (χ1v) is 8.23. The second-order valence-electron chi connectivity index (χ2n) is 8.00. The fraction of sp³-hybridized carbons (Fsp3) is 1.00. The third kappa shape index (κ3) is 3.73. The Balaban J connectivity index is 1.88. The Kier molecular flexibility index (Phi) is 4.75. The zero-order chi connectivity index (χ0) is 13.2. The van der Waals surface area contributed by atoms with Crippen molar-refractivity contribution in [2.45, 2.75) is 78.7 Å². The monoisotopic (exact) mass is 251 g/mol. The lowest BCUT2D eigenvalue weighted by Gasteiger charge is -2.33. The standard InChI is InChI=1S/C17H33N/c1-5-10-18-16(8-9-17(2,3)4)15-12-13-6-7-14(15)11-13/h13-16,18H,5-12H2,1-4H3. The number of fused-ring (bicyclic) bond motifs is 2. The fourth-order valence-electron chi connectivity index (χ4n) is 4.17. The highest BCUT2D eigenvalue weighted by molar-refractivity contribution is 4.95. The zero-order valence-corrected chi connectivity index (χ0v) is 13.0. The van der Waals surface area contributed by atoms with Gasteiger partial charge in [0, 0.05) is 6.04 Å². The van der Waals surface area contributed by atoms with Gasteiger partial charge in [-0.3, -0.25) is 0 Å². The molecule has 2 rings (SSSR count). The maximum atomic E-state index is 3.87. The highest BCUT2D eigenvalue weighted by Crippen LogP contribution is 2.50. The molecule has 0 aromatic heterocycles. The summed E-state index contributed by atoms with van der Waals surface area (Å²) in [5.41, 5.74) is 0.490. The molecule has 1 N–H and O–H groups in total. The molecule has 1 heteroatoms. The van der Waals surface area contributed by atoms with E-state index in [1.165, 1.54) is 45.1 Å². The Hall–Kier alpha value is -0.0400. The van der Waals surface area contributed by atoms with Crippen LogP contribution in [0.4, 0.5) is 0 Å². The van der Waals surface area contributed by atoms with E-state index >= 15 is 0 Å². The topological polar surface area (TPSA) is 12.0 Å². The van der Waals surface area contributed by atoms with Crippen LogP contribution in [-0.2, 0) is 0 Å². The molecule has 0 aromatic carbocycles. The summed E-state index contributed by atoms with van der Waals surface area (Å²) >= 11 is 0. The minimum Gasteiger partial charge on any atom is -0.314 e. The molecular formula is C17H33N. The lowest BCUT2D eigenvalue weighted by Crippen LogP contribution is -2.39. The highest BCUT2D eigenvalue weighted by atomic mass is 14.9. The lowest BCUT2D eigenvalue weighted by molar-refractivity contribution is 0.216. The number of hydrogen-bond acceptors (Lipinski definition) is 1. The van der Waals surface area contributed by atoms with E-state index in [0.29, 0.717) is 5.41 Å². The molecule has 4 unspecified atom stereocenters. The van der Waals surface area contributed by atoms with Gasteiger partial charge in [0.1, 0.15) is 0 Å². The van der Waals surface area contributed by atoms with Gasteiger partial charge in [-0.2, -0.15) is 0 Å². The predicted octanol–water partition coefficient (Wildman–Crippen LogP) is 4.62.